The van der Waals surface area contributed by atoms with Crippen LogP contribution in [0, 0.1) is 10.1 Å². The topological polar surface area (TPSA) is 55.2 Å². The summed E-state index contributed by atoms with van der Waals surface area (Å²) in [6.07, 6.45) is 0.966. The number of anilines is 1. The Morgan fingerprint density at radius 1 is 1.60 bits per heavy atom. The van der Waals surface area contributed by atoms with E-state index in [-0.39, 0.29) is 5.69 Å². The summed E-state index contributed by atoms with van der Waals surface area (Å²) >= 11 is 5.91. The Balaban J connectivity index is 2.88. The van der Waals surface area contributed by atoms with Crippen LogP contribution in [0.5, 0.6) is 0 Å². The molecule has 0 spiro atoms. The van der Waals surface area contributed by atoms with Crippen molar-refractivity contribution in [2.75, 3.05) is 5.32 Å². The number of rotatable bonds is 4. The van der Waals surface area contributed by atoms with Gasteiger partial charge in [0, 0.05) is 18.2 Å². The number of nitro groups is 1. The van der Waals surface area contributed by atoms with Gasteiger partial charge in [-0.3, -0.25) is 10.1 Å². The smallest absolute Gasteiger partial charge is 0.271 e. The standard InChI is InChI=1S/C10H13ClN2O2/c1-3-7(2)12-10-5-4-8(13(14)15)6-9(10)11/h4-7,12H,3H2,1-2H3. The van der Waals surface area contributed by atoms with Crippen LogP contribution in [0.25, 0.3) is 0 Å². The molecule has 0 amide bonds. The Morgan fingerprint density at radius 3 is 2.73 bits per heavy atom. The molecule has 15 heavy (non-hydrogen) atoms. The van der Waals surface area contributed by atoms with Gasteiger partial charge in [0.05, 0.1) is 15.6 Å². The maximum atomic E-state index is 10.5. The minimum absolute atomic E-state index is 0.00898. The summed E-state index contributed by atoms with van der Waals surface area (Å²) in [5.74, 6) is 0. The van der Waals surface area contributed by atoms with Crippen LogP contribution < -0.4 is 5.32 Å². The summed E-state index contributed by atoms with van der Waals surface area (Å²) in [5.41, 5.74) is 0.742. The third-order valence-corrected chi connectivity index (χ3v) is 2.49. The molecule has 1 N–H and O–H groups in total. The molecule has 4 nitrogen and oxygen atoms in total. The molecule has 0 aromatic heterocycles. The van der Waals surface area contributed by atoms with Gasteiger partial charge in [-0.05, 0) is 19.4 Å². The summed E-state index contributed by atoms with van der Waals surface area (Å²) in [5, 5.41) is 14.0. The zero-order valence-electron chi connectivity index (χ0n) is 8.66. The molecule has 5 heteroatoms. The molecular weight excluding hydrogens is 216 g/mol. The van der Waals surface area contributed by atoms with Gasteiger partial charge in [0.2, 0.25) is 0 Å². The van der Waals surface area contributed by atoms with E-state index in [2.05, 4.69) is 12.2 Å². The zero-order chi connectivity index (χ0) is 11.4. The van der Waals surface area contributed by atoms with Gasteiger partial charge in [-0.2, -0.15) is 0 Å². The highest BCUT2D eigenvalue weighted by atomic mass is 35.5. The Kier molecular flexibility index (Phi) is 3.91. The molecular formula is C10H13ClN2O2. The molecule has 0 fully saturated rings. The van der Waals surface area contributed by atoms with Gasteiger partial charge in [0.1, 0.15) is 0 Å². The number of nitro benzene ring substituents is 1. The molecule has 0 saturated carbocycles. The van der Waals surface area contributed by atoms with Crippen molar-refractivity contribution in [2.24, 2.45) is 0 Å². The largest absolute Gasteiger partial charge is 0.381 e. The lowest BCUT2D eigenvalue weighted by Crippen LogP contribution is -2.13. The van der Waals surface area contributed by atoms with Gasteiger partial charge in [0.25, 0.3) is 5.69 Å². The highest BCUT2D eigenvalue weighted by Gasteiger charge is 2.10. The quantitative estimate of drug-likeness (QED) is 0.634. The van der Waals surface area contributed by atoms with Crippen LogP contribution in [0.15, 0.2) is 18.2 Å². The number of hydrogen-bond donors (Lipinski definition) is 1. The van der Waals surface area contributed by atoms with E-state index >= 15 is 0 Å². The first-order valence-electron chi connectivity index (χ1n) is 4.75. The summed E-state index contributed by atoms with van der Waals surface area (Å²) in [7, 11) is 0. The summed E-state index contributed by atoms with van der Waals surface area (Å²) < 4.78 is 0. The number of nitrogens with one attached hydrogen (secondary N) is 1. The Hall–Kier alpha value is -1.29. The normalized spacial score (nSPS) is 12.2. The van der Waals surface area contributed by atoms with Gasteiger partial charge in [-0.15, -0.1) is 0 Å². The van der Waals surface area contributed by atoms with Crippen LogP contribution in [-0.4, -0.2) is 11.0 Å². The molecule has 1 atom stereocenters. The van der Waals surface area contributed by atoms with Crippen LogP contribution in [0.1, 0.15) is 20.3 Å². The predicted molar refractivity (Wildman–Crippen MR) is 61.5 cm³/mol. The minimum atomic E-state index is -0.459. The molecule has 0 aliphatic rings. The Bertz CT molecular complexity index is 368. The van der Waals surface area contributed by atoms with Gasteiger partial charge in [0.15, 0.2) is 0 Å². The van der Waals surface area contributed by atoms with Crippen molar-refractivity contribution in [3.8, 4) is 0 Å². The van der Waals surface area contributed by atoms with Gasteiger partial charge < -0.3 is 5.32 Å². The number of benzene rings is 1. The fourth-order valence-corrected chi connectivity index (χ4v) is 1.33. The number of halogens is 1. The lowest BCUT2D eigenvalue weighted by atomic mass is 10.2. The van der Waals surface area contributed by atoms with E-state index in [1.54, 1.807) is 6.07 Å². The van der Waals surface area contributed by atoms with Crippen LogP contribution in [0.3, 0.4) is 0 Å². The van der Waals surface area contributed by atoms with Crippen molar-refractivity contribution in [1.82, 2.24) is 0 Å². The van der Waals surface area contributed by atoms with Gasteiger partial charge in [-0.25, -0.2) is 0 Å². The van der Waals surface area contributed by atoms with E-state index in [0.717, 1.165) is 12.1 Å². The second-order valence-electron chi connectivity index (χ2n) is 3.37. The van der Waals surface area contributed by atoms with Crippen LogP contribution in [0.2, 0.25) is 5.02 Å². The van der Waals surface area contributed by atoms with Gasteiger partial charge in [-0.1, -0.05) is 18.5 Å². The minimum Gasteiger partial charge on any atom is -0.381 e. The molecule has 1 aromatic carbocycles. The molecule has 0 radical (unpaired) electrons. The maximum absolute atomic E-state index is 10.5. The van der Waals surface area contributed by atoms with Crippen LogP contribution in [-0.2, 0) is 0 Å². The molecule has 1 aromatic rings. The van der Waals surface area contributed by atoms with Crippen molar-refractivity contribution < 1.29 is 4.92 Å². The molecule has 0 saturated heterocycles. The fraction of sp³-hybridized carbons (Fsp3) is 0.400. The first kappa shape index (κ1) is 11.8. The first-order valence-corrected chi connectivity index (χ1v) is 5.13. The van der Waals surface area contributed by atoms with Crippen LogP contribution >= 0.6 is 11.6 Å². The molecule has 0 aliphatic carbocycles. The summed E-state index contributed by atoms with van der Waals surface area (Å²) in [6.45, 7) is 4.08. The molecule has 82 valence electrons. The zero-order valence-corrected chi connectivity index (χ0v) is 9.41. The second kappa shape index (κ2) is 4.98. The number of hydrogen-bond acceptors (Lipinski definition) is 3. The average molecular weight is 229 g/mol. The average Bonchev–Trinajstić information content (AvgIpc) is 2.20. The molecule has 0 heterocycles. The van der Waals surface area contributed by atoms with Crippen molar-refractivity contribution >= 4 is 23.0 Å². The summed E-state index contributed by atoms with van der Waals surface area (Å²) in [4.78, 5) is 10.0. The Morgan fingerprint density at radius 2 is 2.27 bits per heavy atom. The SMILES string of the molecule is CCC(C)Nc1ccc([N+](=O)[O-])cc1Cl. The number of non-ortho nitro benzene ring substituents is 1. The van der Waals surface area contributed by atoms with Crippen molar-refractivity contribution in [3.63, 3.8) is 0 Å². The lowest BCUT2D eigenvalue weighted by Gasteiger charge is -2.13. The lowest BCUT2D eigenvalue weighted by molar-refractivity contribution is -0.384. The van der Waals surface area contributed by atoms with E-state index in [4.69, 9.17) is 11.6 Å². The van der Waals surface area contributed by atoms with Crippen molar-refractivity contribution in [3.05, 3.63) is 33.3 Å². The highest BCUT2D eigenvalue weighted by molar-refractivity contribution is 6.33. The molecule has 0 bridgehead atoms. The predicted octanol–water partition coefficient (Wildman–Crippen LogP) is 3.46. The van der Waals surface area contributed by atoms with Crippen LogP contribution in [0.4, 0.5) is 11.4 Å². The monoisotopic (exact) mass is 228 g/mol. The first-order chi connectivity index (χ1) is 7.04. The second-order valence-corrected chi connectivity index (χ2v) is 3.78. The summed E-state index contributed by atoms with van der Waals surface area (Å²) in [6, 6.07) is 4.72. The van der Waals surface area contributed by atoms with E-state index < -0.39 is 4.92 Å². The fourth-order valence-electron chi connectivity index (χ4n) is 1.10. The van der Waals surface area contributed by atoms with E-state index in [0.29, 0.717) is 11.1 Å². The molecule has 1 rings (SSSR count). The van der Waals surface area contributed by atoms with Crippen molar-refractivity contribution in [1.29, 1.82) is 0 Å². The molecule has 0 aliphatic heterocycles. The van der Waals surface area contributed by atoms with E-state index in [1.165, 1.54) is 12.1 Å². The van der Waals surface area contributed by atoms with Gasteiger partial charge >= 0.3 is 0 Å². The van der Waals surface area contributed by atoms with Crippen molar-refractivity contribution in [2.45, 2.75) is 26.3 Å². The molecule has 1 unspecified atom stereocenters. The van der Waals surface area contributed by atoms with E-state index in [9.17, 15) is 10.1 Å². The van der Waals surface area contributed by atoms with E-state index in [1.807, 2.05) is 6.92 Å². The third-order valence-electron chi connectivity index (χ3n) is 2.18. The third kappa shape index (κ3) is 3.09. The number of nitrogens with zero attached hydrogens (tertiary/aromatic N) is 1. The Labute approximate surface area is 93.4 Å². The maximum Gasteiger partial charge on any atom is 0.271 e. The highest BCUT2D eigenvalue weighted by Crippen LogP contribution is 2.27.